The van der Waals surface area contributed by atoms with Crippen molar-refractivity contribution in [2.75, 3.05) is 5.73 Å². The standard InChI is InChI=1S/C11H17N3O2/c1-7-4-2-3-5-8(7)14-9(12)6-10(15)13-11(14)16/h6-8H,2-5,12H2,1H3,(H,13,15,16)/t7-,8+/m1/s1. The van der Waals surface area contributed by atoms with Crippen LogP contribution >= 0.6 is 0 Å². The van der Waals surface area contributed by atoms with E-state index in [1.54, 1.807) is 0 Å². The summed E-state index contributed by atoms with van der Waals surface area (Å²) < 4.78 is 1.53. The Morgan fingerprint density at radius 3 is 2.69 bits per heavy atom. The fourth-order valence-electron chi connectivity index (χ4n) is 2.55. The molecule has 1 aromatic heterocycles. The third kappa shape index (κ3) is 1.89. The van der Waals surface area contributed by atoms with Gasteiger partial charge in [0.05, 0.1) is 0 Å². The van der Waals surface area contributed by atoms with Crippen LogP contribution in [0.15, 0.2) is 15.7 Å². The fourth-order valence-corrected chi connectivity index (χ4v) is 2.55. The molecule has 1 heterocycles. The summed E-state index contributed by atoms with van der Waals surface area (Å²) in [5.74, 6) is 0.701. The molecule has 5 heteroatoms. The van der Waals surface area contributed by atoms with E-state index in [2.05, 4.69) is 11.9 Å². The van der Waals surface area contributed by atoms with E-state index in [0.29, 0.717) is 5.92 Å². The molecule has 0 aromatic carbocycles. The average Bonchev–Trinajstić information content (AvgIpc) is 2.19. The Bertz CT molecular complexity index is 489. The molecule has 2 rings (SSSR count). The van der Waals surface area contributed by atoms with Gasteiger partial charge in [0, 0.05) is 12.1 Å². The molecular formula is C11H17N3O2. The van der Waals surface area contributed by atoms with E-state index >= 15 is 0 Å². The van der Waals surface area contributed by atoms with Crippen molar-refractivity contribution in [3.8, 4) is 0 Å². The van der Waals surface area contributed by atoms with Crippen LogP contribution in [0.4, 0.5) is 5.82 Å². The van der Waals surface area contributed by atoms with Gasteiger partial charge in [0.15, 0.2) is 0 Å². The van der Waals surface area contributed by atoms with E-state index in [1.807, 2.05) is 0 Å². The molecule has 3 N–H and O–H groups in total. The van der Waals surface area contributed by atoms with E-state index in [0.717, 1.165) is 19.3 Å². The highest BCUT2D eigenvalue weighted by Gasteiger charge is 2.25. The van der Waals surface area contributed by atoms with E-state index in [9.17, 15) is 9.59 Å². The zero-order valence-corrected chi connectivity index (χ0v) is 9.40. The van der Waals surface area contributed by atoms with Gasteiger partial charge < -0.3 is 5.73 Å². The predicted octanol–water partition coefficient (Wildman–Crippen LogP) is 0.870. The van der Waals surface area contributed by atoms with Crippen LogP contribution in [0, 0.1) is 5.92 Å². The topological polar surface area (TPSA) is 80.9 Å². The quantitative estimate of drug-likeness (QED) is 0.741. The highest BCUT2D eigenvalue weighted by molar-refractivity contribution is 5.27. The minimum Gasteiger partial charge on any atom is -0.385 e. The van der Waals surface area contributed by atoms with Gasteiger partial charge in [-0.1, -0.05) is 19.8 Å². The highest BCUT2D eigenvalue weighted by Crippen LogP contribution is 2.33. The third-order valence-corrected chi connectivity index (χ3v) is 3.40. The molecule has 1 fully saturated rings. The lowest BCUT2D eigenvalue weighted by molar-refractivity contribution is 0.252. The predicted molar refractivity (Wildman–Crippen MR) is 62.4 cm³/mol. The van der Waals surface area contributed by atoms with Gasteiger partial charge in [-0.15, -0.1) is 0 Å². The Morgan fingerprint density at radius 2 is 2.06 bits per heavy atom. The summed E-state index contributed by atoms with van der Waals surface area (Å²) in [4.78, 5) is 25.1. The molecule has 0 spiro atoms. The molecule has 0 saturated heterocycles. The maximum atomic E-state index is 11.7. The summed E-state index contributed by atoms with van der Waals surface area (Å²) in [5, 5.41) is 0. The normalized spacial score (nSPS) is 25.6. The van der Waals surface area contributed by atoms with Gasteiger partial charge in [-0.25, -0.2) is 4.79 Å². The number of hydrogen-bond donors (Lipinski definition) is 2. The summed E-state index contributed by atoms with van der Waals surface area (Å²) >= 11 is 0. The van der Waals surface area contributed by atoms with Crippen LogP contribution in [0.2, 0.25) is 0 Å². The number of nitrogens with one attached hydrogen (secondary N) is 1. The lowest BCUT2D eigenvalue weighted by atomic mass is 9.86. The first-order valence-electron chi connectivity index (χ1n) is 5.71. The zero-order chi connectivity index (χ0) is 11.7. The number of nitrogen functional groups attached to an aromatic ring is 1. The first-order valence-corrected chi connectivity index (χ1v) is 5.71. The summed E-state index contributed by atoms with van der Waals surface area (Å²) in [5.41, 5.74) is 4.94. The van der Waals surface area contributed by atoms with E-state index in [1.165, 1.54) is 17.1 Å². The highest BCUT2D eigenvalue weighted by atomic mass is 16.2. The van der Waals surface area contributed by atoms with Gasteiger partial charge in [-0.2, -0.15) is 0 Å². The monoisotopic (exact) mass is 223 g/mol. The first-order chi connectivity index (χ1) is 7.59. The van der Waals surface area contributed by atoms with E-state index in [4.69, 9.17) is 5.73 Å². The van der Waals surface area contributed by atoms with Gasteiger partial charge in [-0.3, -0.25) is 14.3 Å². The average molecular weight is 223 g/mol. The van der Waals surface area contributed by atoms with Gasteiger partial charge in [-0.05, 0) is 18.8 Å². The molecule has 0 aliphatic heterocycles. The Kier molecular flexibility index (Phi) is 2.85. The number of rotatable bonds is 1. The van der Waals surface area contributed by atoms with Crippen molar-refractivity contribution in [3.05, 3.63) is 26.9 Å². The molecule has 0 amide bonds. The van der Waals surface area contributed by atoms with Gasteiger partial charge in [0.2, 0.25) is 0 Å². The van der Waals surface area contributed by atoms with Crippen LogP contribution in [-0.4, -0.2) is 9.55 Å². The summed E-state index contributed by atoms with van der Waals surface area (Å²) in [6.07, 6.45) is 4.38. The number of H-pyrrole nitrogens is 1. The largest absolute Gasteiger partial charge is 0.385 e. The lowest BCUT2D eigenvalue weighted by Crippen LogP contribution is -2.37. The maximum Gasteiger partial charge on any atom is 0.330 e. The minimum absolute atomic E-state index is 0.123. The number of nitrogens with zero attached hydrogens (tertiary/aromatic N) is 1. The van der Waals surface area contributed by atoms with Crippen molar-refractivity contribution >= 4 is 5.82 Å². The summed E-state index contributed by atoms with van der Waals surface area (Å²) in [6, 6.07) is 1.40. The molecule has 1 aliphatic carbocycles. The van der Waals surface area contributed by atoms with Crippen molar-refractivity contribution in [1.82, 2.24) is 9.55 Å². The number of aromatic nitrogens is 2. The van der Waals surface area contributed by atoms with Crippen molar-refractivity contribution in [2.45, 2.75) is 38.6 Å². The van der Waals surface area contributed by atoms with Crippen molar-refractivity contribution in [3.63, 3.8) is 0 Å². The second-order valence-corrected chi connectivity index (χ2v) is 4.56. The molecule has 88 valence electrons. The second-order valence-electron chi connectivity index (χ2n) is 4.56. The molecule has 1 aromatic rings. The Morgan fingerprint density at radius 1 is 1.38 bits per heavy atom. The lowest BCUT2D eigenvalue weighted by Gasteiger charge is -2.30. The minimum atomic E-state index is -0.429. The Balaban J connectivity index is 2.47. The second kappa shape index (κ2) is 4.15. The van der Waals surface area contributed by atoms with E-state index < -0.39 is 5.56 Å². The van der Waals surface area contributed by atoms with Crippen LogP contribution < -0.4 is 17.0 Å². The molecular weight excluding hydrogens is 206 g/mol. The summed E-state index contributed by atoms with van der Waals surface area (Å²) in [7, 11) is 0. The number of anilines is 1. The molecule has 1 saturated carbocycles. The number of hydrogen-bond acceptors (Lipinski definition) is 3. The summed E-state index contributed by atoms with van der Waals surface area (Å²) in [6.45, 7) is 2.13. The smallest absolute Gasteiger partial charge is 0.330 e. The zero-order valence-electron chi connectivity index (χ0n) is 9.40. The van der Waals surface area contributed by atoms with Crippen LogP contribution in [0.3, 0.4) is 0 Å². The first kappa shape index (κ1) is 11.0. The molecule has 2 atom stereocenters. The Labute approximate surface area is 93.3 Å². The number of nitrogens with two attached hydrogens (primary N) is 1. The Hall–Kier alpha value is -1.52. The molecule has 0 unspecified atom stereocenters. The maximum absolute atomic E-state index is 11.7. The van der Waals surface area contributed by atoms with Gasteiger partial charge in [0.25, 0.3) is 5.56 Å². The van der Waals surface area contributed by atoms with Crippen molar-refractivity contribution in [2.24, 2.45) is 5.92 Å². The van der Waals surface area contributed by atoms with Crippen LogP contribution in [0.5, 0.6) is 0 Å². The van der Waals surface area contributed by atoms with Gasteiger partial charge in [0.1, 0.15) is 5.82 Å². The van der Waals surface area contributed by atoms with Crippen LogP contribution in [-0.2, 0) is 0 Å². The molecule has 5 nitrogen and oxygen atoms in total. The van der Waals surface area contributed by atoms with Crippen LogP contribution in [0.25, 0.3) is 0 Å². The molecule has 0 bridgehead atoms. The van der Waals surface area contributed by atoms with Crippen LogP contribution in [0.1, 0.15) is 38.6 Å². The van der Waals surface area contributed by atoms with Crippen molar-refractivity contribution < 1.29 is 0 Å². The number of aromatic amines is 1. The molecule has 1 aliphatic rings. The third-order valence-electron chi connectivity index (χ3n) is 3.40. The SMILES string of the molecule is C[C@@H]1CCCC[C@@H]1n1c(N)cc(=O)[nH]c1=O. The molecule has 16 heavy (non-hydrogen) atoms. The van der Waals surface area contributed by atoms with Gasteiger partial charge >= 0.3 is 5.69 Å². The molecule has 0 radical (unpaired) electrons. The van der Waals surface area contributed by atoms with Crippen molar-refractivity contribution in [1.29, 1.82) is 0 Å². The van der Waals surface area contributed by atoms with E-state index in [-0.39, 0.29) is 17.5 Å². The fraction of sp³-hybridized carbons (Fsp3) is 0.636.